The van der Waals surface area contributed by atoms with Gasteiger partial charge in [0, 0.05) is 36.3 Å². The van der Waals surface area contributed by atoms with Crippen molar-refractivity contribution in [2.45, 2.75) is 39.3 Å². The van der Waals surface area contributed by atoms with E-state index < -0.39 is 0 Å². The van der Waals surface area contributed by atoms with Crippen LogP contribution >= 0.6 is 11.3 Å². The molecule has 1 unspecified atom stereocenters. The number of urea groups is 1. The minimum Gasteiger partial charge on any atom is -0.490 e. The number of rotatable bonds is 7. The van der Waals surface area contributed by atoms with Crippen molar-refractivity contribution >= 4 is 34.2 Å². The van der Waals surface area contributed by atoms with Gasteiger partial charge < -0.3 is 24.7 Å². The molecule has 1 aromatic carbocycles. The molecule has 2 aromatic heterocycles. The predicted octanol–water partition coefficient (Wildman–Crippen LogP) is 4.23. The van der Waals surface area contributed by atoms with E-state index in [2.05, 4.69) is 22.1 Å². The number of amides is 3. The third-order valence-corrected chi connectivity index (χ3v) is 6.41. The second kappa shape index (κ2) is 9.43. The fourth-order valence-corrected chi connectivity index (χ4v) is 4.65. The highest BCUT2D eigenvalue weighted by atomic mass is 32.1. The van der Waals surface area contributed by atoms with E-state index in [1.54, 1.807) is 11.3 Å². The first kappa shape index (κ1) is 21.2. The Labute approximate surface area is 185 Å². The molecule has 0 radical (unpaired) electrons. The maximum atomic E-state index is 12.5. The van der Waals surface area contributed by atoms with Gasteiger partial charge in [0.05, 0.1) is 12.6 Å². The number of carbonyl (C=O) groups excluding carboxylic acids is 2. The van der Waals surface area contributed by atoms with Crippen LogP contribution in [0.1, 0.15) is 42.5 Å². The summed E-state index contributed by atoms with van der Waals surface area (Å²) in [7, 11) is 0. The number of fused-ring (bicyclic) bond motifs is 2. The first-order valence-corrected chi connectivity index (χ1v) is 11.5. The lowest BCUT2D eigenvalue weighted by atomic mass is 10.1. The smallest absolute Gasteiger partial charge is 0.315 e. The molecule has 0 saturated carbocycles. The molecule has 4 rings (SSSR count). The van der Waals surface area contributed by atoms with Gasteiger partial charge in [0.1, 0.15) is 5.76 Å². The van der Waals surface area contributed by atoms with Crippen molar-refractivity contribution < 1.29 is 18.7 Å². The SMILES string of the molecule is CCOc1cccc2cc(C(C)NC(=O)NCCC(=O)N3CCc4sccc4C3)oc12. The lowest BCUT2D eigenvalue weighted by Gasteiger charge is -2.27. The predicted molar refractivity (Wildman–Crippen MR) is 120 cm³/mol. The molecule has 2 N–H and O–H groups in total. The Hall–Kier alpha value is -3.00. The molecule has 0 bridgehead atoms. The van der Waals surface area contributed by atoms with Crippen LogP contribution < -0.4 is 15.4 Å². The van der Waals surface area contributed by atoms with E-state index in [9.17, 15) is 9.59 Å². The number of nitrogens with one attached hydrogen (secondary N) is 2. The van der Waals surface area contributed by atoms with Crippen LogP contribution in [0.4, 0.5) is 4.79 Å². The van der Waals surface area contributed by atoms with Crippen molar-refractivity contribution in [2.75, 3.05) is 19.7 Å². The van der Waals surface area contributed by atoms with Gasteiger partial charge in [-0.2, -0.15) is 0 Å². The highest BCUT2D eigenvalue weighted by Crippen LogP contribution is 2.31. The maximum absolute atomic E-state index is 12.5. The molecule has 0 saturated heterocycles. The van der Waals surface area contributed by atoms with Gasteiger partial charge >= 0.3 is 6.03 Å². The quantitative estimate of drug-likeness (QED) is 0.575. The van der Waals surface area contributed by atoms with Crippen molar-refractivity contribution in [1.82, 2.24) is 15.5 Å². The normalized spacial score (nSPS) is 14.2. The van der Waals surface area contributed by atoms with Crippen LogP contribution in [0.15, 0.2) is 40.1 Å². The fraction of sp³-hybridized carbons (Fsp3) is 0.391. The van der Waals surface area contributed by atoms with E-state index in [0.717, 1.165) is 18.4 Å². The monoisotopic (exact) mass is 441 g/mol. The van der Waals surface area contributed by atoms with Gasteiger partial charge in [0.15, 0.2) is 11.3 Å². The van der Waals surface area contributed by atoms with E-state index in [0.29, 0.717) is 36.8 Å². The van der Waals surface area contributed by atoms with Crippen molar-refractivity contribution in [3.05, 3.63) is 51.9 Å². The number of hydrogen-bond donors (Lipinski definition) is 2. The summed E-state index contributed by atoms with van der Waals surface area (Å²) >= 11 is 1.75. The van der Waals surface area contributed by atoms with Gasteiger partial charge in [-0.25, -0.2) is 4.79 Å². The van der Waals surface area contributed by atoms with Gasteiger partial charge in [-0.1, -0.05) is 12.1 Å². The molecule has 3 aromatic rings. The molecule has 31 heavy (non-hydrogen) atoms. The summed E-state index contributed by atoms with van der Waals surface area (Å²) in [4.78, 5) is 28.0. The highest BCUT2D eigenvalue weighted by molar-refractivity contribution is 7.10. The second-order valence-corrected chi connectivity index (χ2v) is 8.56. The van der Waals surface area contributed by atoms with E-state index in [4.69, 9.17) is 9.15 Å². The Morgan fingerprint density at radius 1 is 1.32 bits per heavy atom. The summed E-state index contributed by atoms with van der Waals surface area (Å²) in [5, 5.41) is 8.64. The van der Waals surface area contributed by atoms with Gasteiger partial charge in [0.25, 0.3) is 0 Å². The third-order valence-electron chi connectivity index (χ3n) is 5.39. The maximum Gasteiger partial charge on any atom is 0.315 e. The Kier molecular flexibility index (Phi) is 6.46. The summed E-state index contributed by atoms with van der Waals surface area (Å²) < 4.78 is 11.5. The molecule has 1 atom stereocenters. The molecule has 3 amide bonds. The topological polar surface area (TPSA) is 83.8 Å². The average molecular weight is 442 g/mol. The van der Waals surface area contributed by atoms with Crippen molar-refractivity contribution in [1.29, 1.82) is 0 Å². The van der Waals surface area contributed by atoms with E-state index in [1.807, 2.05) is 43.0 Å². The number of nitrogens with zero attached hydrogens (tertiary/aromatic N) is 1. The van der Waals surface area contributed by atoms with Crippen LogP contribution in [0.25, 0.3) is 11.0 Å². The number of thiophene rings is 1. The Balaban J connectivity index is 1.26. The highest BCUT2D eigenvalue weighted by Gasteiger charge is 2.21. The molecule has 0 fully saturated rings. The van der Waals surface area contributed by atoms with E-state index in [-0.39, 0.29) is 24.4 Å². The minimum absolute atomic E-state index is 0.0611. The molecular formula is C23H27N3O4S. The first-order chi connectivity index (χ1) is 15.0. The molecular weight excluding hydrogens is 414 g/mol. The van der Waals surface area contributed by atoms with Gasteiger partial charge in [-0.3, -0.25) is 4.79 Å². The number of benzene rings is 1. The van der Waals surface area contributed by atoms with Crippen molar-refractivity contribution in [3.63, 3.8) is 0 Å². The lowest BCUT2D eigenvalue weighted by molar-refractivity contribution is -0.131. The van der Waals surface area contributed by atoms with Crippen LogP contribution in [0, 0.1) is 0 Å². The zero-order chi connectivity index (χ0) is 21.8. The van der Waals surface area contributed by atoms with Crippen LogP contribution in [0.3, 0.4) is 0 Å². The molecule has 164 valence electrons. The summed E-state index contributed by atoms with van der Waals surface area (Å²) in [5.74, 6) is 1.40. The Morgan fingerprint density at radius 2 is 2.19 bits per heavy atom. The summed E-state index contributed by atoms with van der Waals surface area (Å²) in [6.07, 6.45) is 1.19. The number of carbonyl (C=O) groups is 2. The lowest BCUT2D eigenvalue weighted by Crippen LogP contribution is -2.40. The molecule has 1 aliphatic heterocycles. The van der Waals surface area contributed by atoms with E-state index in [1.165, 1.54) is 10.4 Å². The first-order valence-electron chi connectivity index (χ1n) is 10.6. The number of hydrogen-bond acceptors (Lipinski definition) is 5. The molecule has 8 heteroatoms. The van der Waals surface area contributed by atoms with Crippen LogP contribution in [-0.4, -0.2) is 36.5 Å². The van der Waals surface area contributed by atoms with E-state index >= 15 is 0 Å². The number of ether oxygens (including phenoxy) is 1. The van der Waals surface area contributed by atoms with Crippen LogP contribution in [-0.2, 0) is 17.8 Å². The van der Waals surface area contributed by atoms with Gasteiger partial charge in [-0.05, 0) is 49.4 Å². The minimum atomic E-state index is -0.329. The van der Waals surface area contributed by atoms with Crippen LogP contribution in [0.2, 0.25) is 0 Å². The van der Waals surface area contributed by atoms with Crippen LogP contribution in [0.5, 0.6) is 5.75 Å². The van der Waals surface area contributed by atoms with Crippen molar-refractivity contribution in [2.24, 2.45) is 0 Å². The zero-order valence-corrected chi connectivity index (χ0v) is 18.6. The summed E-state index contributed by atoms with van der Waals surface area (Å²) in [5.41, 5.74) is 1.91. The molecule has 0 aliphatic carbocycles. The zero-order valence-electron chi connectivity index (χ0n) is 17.8. The molecule has 7 nitrogen and oxygen atoms in total. The summed E-state index contributed by atoms with van der Waals surface area (Å²) in [6, 6.07) is 9.06. The molecule has 0 spiro atoms. The Morgan fingerprint density at radius 3 is 3.03 bits per heavy atom. The largest absolute Gasteiger partial charge is 0.490 e. The second-order valence-electron chi connectivity index (χ2n) is 7.56. The Bertz CT molecular complexity index is 1070. The number of para-hydroxylation sites is 1. The molecule has 3 heterocycles. The van der Waals surface area contributed by atoms with Gasteiger partial charge in [0.2, 0.25) is 5.91 Å². The fourth-order valence-electron chi connectivity index (χ4n) is 3.76. The standard InChI is InChI=1S/C23H27N3O4S/c1-3-29-18-6-4-5-16-13-19(30-22(16)18)15(2)25-23(28)24-10-7-21(27)26-11-8-20-17(14-26)9-12-31-20/h4-6,9,12-13,15H,3,7-8,10-11,14H2,1-2H3,(H2,24,25,28). The van der Waals surface area contributed by atoms with Gasteiger partial charge in [-0.15, -0.1) is 11.3 Å². The number of furan rings is 1. The van der Waals surface area contributed by atoms with Crippen molar-refractivity contribution in [3.8, 4) is 5.75 Å². The molecule has 1 aliphatic rings. The average Bonchev–Trinajstić information content (AvgIpc) is 3.40. The summed E-state index contributed by atoms with van der Waals surface area (Å²) in [6.45, 7) is 6.03. The third kappa shape index (κ3) is 4.85.